The van der Waals surface area contributed by atoms with E-state index in [1.807, 2.05) is 68.4 Å². The van der Waals surface area contributed by atoms with Crippen molar-refractivity contribution in [3.05, 3.63) is 76.9 Å². The van der Waals surface area contributed by atoms with Gasteiger partial charge in [-0.3, -0.25) is 10.2 Å². The quantitative estimate of drug-likeness (QED) is 0.133. The zero-order valence-corrected chi connectivity index (χ0v) is 26.3. The Balaban J connectivity index is 2.46. The number of carbonyl (C=O) groups excluding carboxylic acids is 2. The van der Waals surface area contributed by atoms with Gasteiger partial charge in [-0.25, -0.2) is 18.6 Å². The summed E-state index contributed by atoms with van der Waals surface area (Å²) < 4.78 is 36.2. The summed E-state index contributed by atoms with van der Waals surface area (Å²) in [5.41, 5.74) is 6.65. The molecular formula is C32H46N2O7S. The molecule has 42 heavy (non-hydrogen) atoms. The first kappa shape index (κ1) is 35.1. The van der Waals surface area contributed by atoms with Crippen LogP contribution in [0.25, 0.3) is 6.08 Å². The van der Waals surface area contributed by atoms with Gasteiger partial charge < -0.3 is 14.6 Å². The van der Waals surface area contributed by atoms with E-state index in [0.29, 0.717) is 37.0 Å². The van der Waals surface area contributed by atoms with Crippen LogP contribution in [-0.4, -0.2) is 63.8 Å². The smallest absolute Gasteiger partial charge is 0.333 e. The molecule has 0 aromatic heterocycles. The van der Waals surface area contributed by atoms with E-state index in [1.165, 1.54) is 0 Å². The van der Waals surface area contributed by atoms with Crippen molar-refractivity contribution >= 4 is 27.8 Å². The number of esters is 1. The SMILES string of the molecule is CCOC(=O)/C(C)=C/c1cccc(C(CCCC(C)(C)CS(=O)(=O)CCO)(COCc2ccccc2)C(=O)NNC)c1. The molecule has 0 fully saturated rings. The molecule has 9 nitrogen and oxygen atoms in total. The number of sulfone groups is 1. The van der Waals surface area contributed by atoms with Gasteiger partial charge in [0.2, 0.25) is 5.91 Å². The third kappa shape index (κ3) is 11.0. The molecule has 0 radical (unpaired) electrons. The molecule has 1 unspecified atom stereocenters. The summed E-state index contributed by atoms with van der Waals surface area (Å²) in [5, 5.41) is 9.14. The second-order valence-electron chi connectivity index (χ2n) is 11.3. The van der Waals surface area contributed by atoms with Gasteiger partial charge in [-0.15, -0.1) is 0 Å². The molecule has 0 saturated carbocycles. The highest BCUT2D eigenvalue weighted by Crippen LogP contribution is 2.35. The minimum absolute atomic E-state index is 0.0613. The van der Waals surface area contributed by atoms with E-state index in [0.717, 1.165) is 11.1 Å². The number of nitrogens with one attached hydrogen (secondary N) is 2. The van der Waals surface area contributed by atoms with Crippen molar-refractivity contribution in [2.45, 2.75) is 59.0 Å². The number of rotatable bonds is 18. The molecular weight excluding hydrogens is 556 g/mol. The van der Waals surface area contributed by atoms with Crippen molar-refractivity contribution in [3.63, 3.8) is 0 Å². The summed E-state index contributed by atoms with van der Waals surface area (Å²) in [4.78, 5) is 26.1. The van der Waals surface area contributed by atoms with Gasteiger partial charge in [0.1, 0.15) is 0 Å². The molecule has 0 aliphatic rings. The van der Waals surface area contributed by atoms with E-state index >= 15 is 0 Å². The Morgan fingerprint density at radius 1 is 1.05 bits per heavy atom. The van der Waals surface area contributed by atoms with Gasteiger partial charge in [0, 0.05) is 12.6 Å². The van der Waals surface area contributed by atoms with E-state index < -0.39 is 33.2 Å². The Labute approximate surface area is 250 Å². The largest absolute Gasteiger partial charge is 0.463 e. The van der Waals surface area contributed by atoms with Gasteiger partial charge in [-0.05, 0) is 54.9 Å². The average Bonchev–Trinajstić information content (AvgIpc) is 2.92. The molecule has 0 bridgehead atoms. The van der Waals surface area contributed by atoms with Gasteiger partial charge >= 0.3 is 5.97 Å². The minimum atomic E-state index is -3.41. The average molecular weight is 603 g/mol. The molecule has 2 rings (SSSR count). The van der Waals surface area contributed by atoms with Gasteiger partial charge in [0.25, 0.3) is 0 Å². The minimum Gasteiger partial charge on any atom is -0.463 e. The first-order valence-corrected chi connectivity index (χ1v) is 16.1. The molecule has 3 N–H and O–H groups in total. The first-order chi connectivity index (χ1) is 19.9. The van der Waals surface area contributed by atoms with Crippen LogP contribution in [0.3, 0.4) is 0 Å². The lowest BCUT2D eigenvalue weighted by molar-refractivity contribution is -0.138. The number of amides is 1. The zero-order valence-electron chi connectivity index (χ0n) is 25.4. The molecule has 0 aliphatic carbocycles. The summed E-state index contributed by atoms with van der Waals surface area (Å²) in [7, 11) is -1.80. The van der Waals surface area contributed by atoms with Crippen LogP contribution in [0.5, 0.6) is 0 Å². The van der Waals surface area contributed by atoms with E-state index in [9.17, 15) is 18.0 Å². The first-order valence-electron chi connectivity index (χ1n) is 14.2. The molecule has 2 aromatic carbocycles. The van der Waals surface area contributed by atoms with Gasteiger partial charge in [-0.2, -0.15) is 0 Å². The van der Waals surface area contributed by atoms with Crippen molar-refractivity contribution in [1.29, 1.82) is 0 Å². The Morgan fingerprint density at radius 3 is 2.40 bits per heavy atom. The van der Waals surface area contributed by atoms with E-state index in [4.69, 9.17) is 14.6 Å². The van der Waals surface area contributed by atoms with Crippen molar-refractivity contribution in [2.75, 3.05) is 38.4 Å². The lowest BCUT2D eigenvalue weighted by Gasteiger charge is -2.34. The molecule has 2 aromatic rings. The lowest BCUT2D eigenvalue weighted by Crippen LogP contribution is -2.51. The topological polar surface area (TPSA) is 131 Å². The van der Waals surface area contributed by atoms with Crippen molar-refractivity contribution < 1.29 is 32.6 Å². The van der Waals surface area contributed by atoms with Gasteiger partial charge in [0.05, 0.1) is 43.3 Å². The molecule has 1 amide bonds. The van der Waals surface area contributed by atoms with Crippen LogP contribution in [0.4, 0.5) is 0 Å². The zero-order chi connectivity index (χ0) is 31.2. The van der Waals surface area contributed by atoms with Crippen LogP contribution in [0.2, 0.25) is 0 Å². The van der Waals surface area contributed by atoms with Crippen LogP contribution < -0.4 is 10.9 Å². The van der Waals surface area contributed by atoms with E-state index in [1.54, 1.807) is 27.0 Å². The molecule has 0 spiro atoms. The third-order valence-corrected chi connectivity index (χ3v) is 9.05. The van der Waals surface area contributed by atoms with Crippen LogP contribution in [0.15, 0.2) is 60.2 Å². The highest BCUT2D eigenvalue weighted by molar-refractivity contribution is 7.91. The molecule has 0 saturated heterocycles. The number of hydrazine groups is 1. The number of benzene rings is 2. The van der Waals surface area contributed by atoms with Crippen LogP contribution in [-0.2, 0) is 40.9 Å². The second-order valence-corrected chi connectivity index (χ2v) is 13.5. The Hall–Kier alpha value is -3.05. The predicted molar refractivity (Wildman–Crippen MR) is 165 cm³/mol. The number of ether oxygens (including phenoxy) is 2. The maximum atomic E-state index is 13.8. The second kappa shape index (κ2) is 16.6. The standard InChI is InChI=1S/C32H46N2O7S/c1-6-41-29(36)25(2)20-27-14-10-15-28(21-27)32(30(37)34-33-5,23-40-22-26-12-8-7-9-13-26)17-11-16-31(3,4)24-42(38,39)19-18-35/h7-10,12-15,20-21,33,35H,6,11,16-19,22-24H2,1-5H3,(H,34,37)/b25-20+. The summed E-state index contributed by atoms with van der Waals surface area (Å²) in [6.07, 6.45) is 3.17. The van der Waals surface area contributed by atoms with Crippen LogP contribution >= 0.6 is 0 Å². The third-order valence-electron chi connectivity index (χ3n) is 7.02. The van der Waals surface area contributed by atoms with Crippen molar-refractivity contribution in [3.8, 4) is 0 Å². The monoisotopic (exact) mass is 602 g/mol. The van der Waals surface area contributed by atoms with Gasteiger partial charge in [-0.1, -0.05) is 74.9 Å². The van der Waals surface area contributed by atoms with E-state index in [2.05, 4.69) is 10.9 Å². The highest BCUT2D eigenvalue weighted by Gasteiger charge is 2.41. The van der Waals surface area contributed by atoms with Crippen molar-refractivity contribution in [2.24, 2.45) is 5.41 Å². The number of carbonyl (C=O) groups is 2. The fraction of sp³-hybridized carbons (Fsp3) is 0.500. The van der Waals surface area contributed by atoms with Crippen LogP contribution in [0, 0.1) is 5.41 Å². The number of aliphatic hydroxyl groups is 1. The number of hydrogen-bond acceptors (Lipinski definition) is 8. The summed E-state index contributed by atoms with van der Waals surface area (Å²) in [6.45, 7) is 7.43. The molecule has 0 heterocycles. The Bertz CT molecular complexity index is 1290. The predicted octanol–water partition coefficient (Wildman–Crippen LogP) is 3.96. The normalized spacial score (nSPS) is 13.8. The van der Waals surface area contributed by atoms with Crippen molar-refractivity contribution in [1.82, 2.24) is 10.9 Å². The molecule has 0 aliphatic heterocycles. The summed E-state index contributed by atoms with van der Waals surface area (Å²) >= 11 is 0. The molecule has 10 heteroatoms. The Morgan fingerprint density at radius 2 is 1.76 bits per heavy atom. The van der Waals surface area contributed by atoms with Crippen LogP contribution in [0.1, 0.15) is 63.6 Å². The fourth-order valence-electron chi connectivity index (χ4n) is 4.99. The van der Waals surface area contributed by atoms with E-state index in [-0.39, 0.29) is 30.6 Å². The molecule has 1 atom stereocenters. The highest BCUT2D eigenvalue weighted by atomic mass is 32.2. The lowest BCUT2D eigenvalue weighted by atomic mass is 9.74. The maximum Gasteiger partial charge on any atom is 0.333 e. The Kier molecular flexibility index (Phi) is 13.9. The molecule has 232 valence electrons. The summed E-state index contributed by atoms with van der Waals surface area (Å²) in [6, 6.07) is 17.1. The maximum absolute atomic E-state index is 13.8. The van der Waals surface area contributed by atoms with Gasteiger partial charge in [0.15, 0.2) is 9.84 Å². The fourth-order valence-corrected chi connectivity index (χ4v) is 6.75. The number of hydrogen-bond donors (Lipinski definition) is 3. The summed E-state index contributed by atoms with van der Waals surface area (Å²) in [5.74, 6) is -1.03. The number of aliphatic hydroxyl groups excluding tert-OH is 1.